The van der Waals surface area contributed by atoms with Crippen molar-refractivity contribution in [3.05, 3.63) is 64.7 Å². The SMILES string of the molecule is Cc1ccccc1C(=O)N[C@H]1CC(=O)N(c2ccc(Cl)cc2)C1. The van der Waals surface area contributed by atoms with E-state index in [1.165, 1.54) is 0 Å². The summed E-state index contributed by atoms with van der Waals surface area (Å²) in [4.78, 5) is 26.2. The van der Waals surface area contributed by atoms with Crippen molar-refractivity contribution < 1.29 is 9.59 Å². The van der Waals surface area contributed by atoms with Gasteiger partial charge in [0.2, 0.25) is 5.91 Å². The Morgan fingerprint density at radius 2 is 1.87 bits per heavy atom. The summed E-state index contributed by atoms with van der Waals surface area (Å²) in [6.07, 6.45) is 0.306. The van der Waals surface area contributed by atoms with Gasteiger partial charge in [0.25, 0.3) is 5.91 Å². The second kappa shape index (κ2) is 6.42. The summed E-state index contributed by atoms with van der Waals surface area (Å²) in [6.45, 7) is 2.37. The summed E-state index contributed by atoms with van der Waals surface area (Å²) < 4.78 is 0. The van der Waals surface area contributed by atoms with E-state index < -0.39 is 0 Å². The minimum absolute atomic E-state index is 0.00223. The van der Waals surface area contributed by atoms with E-state index >= 15 is 0 Å². The van der Waals surface area contributed by atoms with E-state index in [1.54, 1.807) is 23.1 Å². The first-order valence-corrected chi connectivity index (χ1v) is 7.85. The summed E-state index contributed by atoms with van der Waals surface area (Å²) in [6, 6.07) is 14.4. The Morgan fingerprint density at radius 1 is 1.17 bits per heavy atom. The molecule has 1 saturated heterocycles. The maximum atomic E-state index is 12.4. The lowest BCUT2D eigenvalue weighted by Gasteiger charge is -2.17. The van der Waals surface area contributed by atoms with Crippen molar-refractivity contribution in [2.45, 2.75) is 19.4 Å². The summed E-state index contributed by atoms with van der Waals surface area (Å²) >= 11 is 5.87. The van der Waals surface area contributed by atoms with E-state index in [2.05, 4.69) is 5.32 Å². The van der Waals surface area contributed by atoms with E-state index in [-0.39, 0.29) is 17.9 Å². The van der Waals surface area contributed by atoms with E-state index in [0.717, 1.165) is 11.3 Å². The van der Waals surface area contributed by atoms with E-state index in [9.17, 15) is 9.59 Å². The quantitative estimate of drug-likeness (QED) is 0.940. The van der Waals surface area contributed by atoms with Crippen LogP contribution in [0.4, 0.5) is 5.69 Å². The lowest BCUT2D eigenvalue weighted by Crippen LogP contribution is -2.37. The van der Waals surface area contributed by atoms with Crippen LogP contribution in [0.2, 0.25) is 5.02 Å². The number of nitrogens with one attached hydrogen (secondary N) is 1. The molecule has 3 rings (SSSR count). The molecule has 1 heterocycles. The predicted octanol–water partition coefficient (Wildman–Crippen LogP) is 3.18. The van der Waals surface area contributed by atoms with Crippen LogP contribution in [-0.2, 0) is 4.79 Å². The highest BCUT2D eigenvalue weighted by molar-refractivity contribution is 6.30. The van der Waals surface area contributed by atoms with Gasteiger partial charge in [-0.25, -0.2) is 0 Å². The molecule has 0 aliphatic carbocycles. The number of nitrogens with zero attached hydrogens (tertiary/aromatic N) is 1. The number of benzene rings is 2. The smallest absolute Gasteiger partial charge is 0.251 e. The fraction of sp³-hybridized carbons (Fsp3) is 0.222. The molecule has 2 aromatic rings. The molecule has 0 spiro atoms. The van der Waals surface area contributed by atoms with Crippen LogP contribution in [-0.4, -0.2) is 24.4 Å². The molecule has 0 saturated carbocycles. The number of carbonyl (C=O) groups is 2. The van der Waals surface area contributed by atoms with Crippen LogP contribution >= 0.6 is 11.6 Å². The van der Waals surface area contributed by atoms with Crippen molar-refractivity contribution in [2.24, 2.45) is 0 Å². The maximum absolute atomic E-state index is 12.4. The normalized spacial score (nSPS) is 17.4. The number of rotatable bonds is 3. The molecule has 1 fully saturated rings. The number of carbonyl (C=O) groups excluding carboxylic acids is 2. The van der Waals surface area contributed by atoms with Crippen LogP contribution < -0.4 is 10.2 Å². The minimum Gasteiger partial charge on any atom is -0.347 e. The fourth-order valence-corrected chi connectivity index (χ4v) is 2.89. The first-order valence-electron chi connectivity index (χ1n) is 7.47. The molecule has 118 valence electrons. The molecule has 1 atom stereocenters. The predicted molar refractivity (Wildman–Crippen MR) is 90.9 cm³/mol. The zero-order valence-corrected chi connectivity index (χ0v) is 13.5. The molecule has 2 amide bonds. The molecule has 4 nitrogen and oxygen atoms in total. The standard InChI is InChI=1S/C18H17ClN2O2/c1-12-4-2-3-5-16(12)18(23)20-14-10-17(22)21(11-14)15-8-6-13(19)7-9-15/h2-9,14H,10-11H2,1H3,(H,20,23)/t14-/m0/s1. The van der Waals surface area contributed by atoms with Gasteiger partial charge in [-0.2, -0.15) is 0 Å². The van der Waals surface area contributed by atoms with Gasteiger partial charge in [0.05, 0.1) is 6.04 Å². The molecular formula is C18H17ClN2O2. The molecule has 1 N–H and O–H groups in total. The summed E-state index contributed by atoms with van der Waals surface area (Å²) in [7, 11) is 0. The average Bonchev–Trinajstić information content (AvgIpc) is 2.89. The highest BCUT2D eigenvalue weighted by atomic mass is 35.5. The van der Waals surface area contributed by atoms with Crippen LogP contribution in [0.3, 0.4) is 0 Å². The third-order valence-corrected chi connectivity index (χ3v) is 4.24. The lowest BCUT2D eigenvalue weighted by atomic mass is 10.1. The highest BCUT2D eigenvalue weighted by Crippen LogP contribution is 2.23. The molecule has 0 aromatic heterocycles. The topological polar surface area (TPSA) is 49.4 Å². The second-order valence-electron chi connectivity index (χ2n) is 5.67. The van der Waals surface area contributed by atoms with Gasteiger partial charge in [0, 0.05) is 29.2 Å². The number of halogens is 1. The van der Waals surface area contributed by atoms with Crippen molar-refractivity contribution >= 4 is 29.1 Å². The van der Waals surface area contributed by atoms with Gasteiger partial charge in [0.1, 0.15) is 0 Å². The summed E-state index contributed by atoms with van der Waals surface area (Å²) in [5.41, 5.74) is 2.36. The third kappa shape index (κ3) is 3.37. The Balaban J connectivity index is 1.69. The zero-order chi connectivity index (χ0) is 16.4. The Labute approximate surface area is 140 Å². The molecule has 5 heteroatoms. The first kappa shape index (κ1) is 15.6. The summed E-state index contributed by atoms with van der Waals surface area (Å²) in [5.74, 6) is -0.138. The Hall–Kier alpha value is -2.33. The van der Waals surface area contributed by atoms with Gasteiger partial charge in [-0.05, 0) is 42.8 Å². The minimum atomic E-state index is -0.190. The molecule has 1 aliphatic heterocycles. The van der Waals surface area contributed by atoms with Crippen molar-refractivity contribution in [3.63, 3.8) is 0 Å². The van der Waals surface area contributed by atoms with Crippen LogP contribution in [0, 0.1) is 6.92 Å². The number of hydrogen-bond acceptors (Lipinski definition) is 2. The molecule has 2 aromatic carbocycles. The fourth-order valence-electron chi connectivity index (χ4n) is 2.77. The van der Waals surface area contributed by atoms with E-state index in [4.69, 9.17) is 11.6 Å². The van der Waals surface area contributed by atoms with E-state index in [1.807, 2.05) is 37.3 Å². The Kier molecular flexibility index (Phi) is 4.35. The number of hydrogen-bond donors (Lipinski definition) is 1. The molecule has 0 bridgehead atoms. The van der Waals surface area contributed by atoms with Gasteiger partial charge in [-0.15, -0.1) is 0 Å². The maximum Gasteiger partial charge on any atom is 0.251 e. The molecule has 1 aliphatic rings. The van der Waals surface area contributed by atoms with Gasteiger partial charge < -0.3 is 10.2 Å². The third-order valence-electron chi connectivity index (χ3n) is 3.99. The Bertz CT molecular complexity index is 743. The zero-order valence-electron chi connectivity index (χ0n) is 12.8. The summed E-state index contributed by atoms with van der Waals surface area (Å²) in [5, 5.41) is 3.58. The van der Waals surface area contributed by atoms with Gasteiger partial charge in [-0.1, -0.05) is 29.8 Å². The van der Waals surface area contributed by atoms with Crippen LogP contribution in [0.25, 0.3) is 0 Å². The van der Waals surface area contributed by atoms with Crippen molar-refractivity contribution in [2.75, 3.05) is 11.4 Å². The van der Waals surface area contributed by atoms with Gasteiger partial charge in [0.15, 0.2) is 0 Å². The first-order chi connectivity index (χ1) is 11.0. The molecule has 0 radical (unpaired) electrons. The molecule has 0 unspecified atom stereocenters. The average molecular weight is 329 g/mol. The number of amides is 2. The lowest BCUT2D eigenvalue weighted by molar-refractivity contribution is -0.117. The second-order valence-corrected chi connectivity index (χ2v) is 6.11. The van der Waals surface area contributed by atoms with Crippen LogP contribution in [0.5, 0.6) is 0 Å². The van der Waals surface area contributed by atoms with Gasteiger partial charge in [-0.3, -0.25) is 9.59 Å². The molecule has 23 heavy (non-hydrogen) atoms. The largest absolute Gasteiger partial charge is 0.347 e. The van der Waals surface area contributed by atoms with Crippen molar-refractivity contribution in [1.29, 1.82) is 0 Å². The highest BCUT2D eigenvalue weighted by Gasteiger charge is 2.31. The number of anilines is 1. The number of aryl methyl sites for hydroxylation is 1. The molecular weight excluding hydrogens is 312 g/mol. The Morgan fingerprint density at radius 3 is 2.57 bits per heavy atom. The van der Waals surface area contributed by atoms with Crippen molar-refractivity contribution in [1.82, 2.24) is 5.32 Å². The van der Waals surface area contributed by atoms with E-state index in [0.29, 0.717) is 23.6 Å². The van der Waals surface area contributed by atoms with Crippen LogP contribution in [0.1, 0.15) is 22.3 Å². The van der Waals surface area contributed by atoms with Crippen LogP contribution in [0.15, 0.2) is 48.5 Å². The van der Waals surface area contributed by atoms with Crippen molar-refractivity contribution in [3.8, 4) is 0 Å². The monoisotopic (exact) mass is 328 g/mol. The van der Waals surface area contributed by atoms with Gasteiger partial charge >= 0.3 is 0 Å².